The minimum atomic E-state index is -0.867. The number of hydrogen-bond donors (Lipinski definition) is 4. The highest BCUT2D eigenvalue weighted by atomic mass is 16.5. The van der Waals surface area contributed by atoms with Gasteiger partial charge in [-0.25, -0.2) is 9.97 Å². The topological polar surface area (TPSA) is 133 Å². The number of aromatic amines is 1. The van der Waals surface area contributed by atoms with Crippen LogP contribution in [0.25, 0.3) is 11.0 Å². The molecule has 9 heteroatoms. The Hall–Kier alpha value is -3.04. The van der Waals surface area contributed by atoms with Crippen LogP contribution in [0.3, 0.4) is 0 Å². The van der Waals surface area contributed by atoms with E-state index in [9.17, 15) is 15.0 Å². The highest BCUT2D eigenvalue weighted by Gasteiger charge is 2.45. The molecule has 1 aliphatic carbocycles. The summed E-state index contributed by atoms with van der Waals surface area (Å²) >= 11 is 0. The fourth-order valence-corrected chi connectivity index (χ4v) is 3.55. The Morgan fingerprint density at radius 1 is 1.25 bits per heavy atom. The summed E-state index contributed by atoms with van der Waals surface area (Å²) in [6.07, 6.45) is 3.41. The Morgan fingerprint density at radius 2 is 2.04 bits per heavy atom. The lowest BCUT2D eigenvalue weighted by Crippen LogP contribution is -2.41. The molecule has 0 radical (unpaired) electrons. The normalized spacial score (nSPS) is 24.4. The van der Waals surface area contributed by atoms with Gasteiger partial charge in [-0.1, -0.05) is 12.1 Å². The van der Waals surface area contributed by atoms with Gasteiger partial charge in [0.15, 0.2) is 5.82 Å². The molecule has 1 saturated carbocycles. The quantitative estimate of drug-likeness (QED) is 0.491. The SMILES string of the molecule is O=C(NCC1(COc2cnccn2)C[C@@H](O)[C@@H](O)C1)c1nc2ccccc2[nH]1. The molecule has 3 aromatic rings. The van der Waals surface area contributed by atoms with Crippen molar-refractivity contribution in [1.29, 1.82) is 0 Å². The van der Waals surface area contributed by atoms with E-state index in [-0.39, 0.29) is 24.9 Å². The number of carbonyl (C=O) groups is 1. The summed E-state index contributed by atoms with van der Waals surface area (Å²) in [6.45, 7) is 0.400. The van der Waals surface area contributed by atoms with Crippen molar-refractivity contribution < 1.29 is 19.7 Å². The highest BCUT2D eigenvalue weighted by Crippen LogP contribution is 2.38. The lowest BCUT2D eigenvalue weighted by molar-refractivity contribution is 0.0438. The van der Waals surface area contributed by atoms with Crippen LogP contribution < -0.4 is 10.1 Å². The molecule has 1 aromatic carbocycles. The molecule has 0 saturated heterocycles. The third-order valence-corrected chi connectivity index (χ3v) is 5.02. The van der Waals surface area contributed by atoms with Gasteiger partial charge in [-0.05, 0) is 25.0 Å². The number of hydrogen-bond acceptors (Lipinski definition) is 7. The van der Waals surface area contributed by atoms with Crippen LogP contribution in [0.1, 0.15) is 23.5 Å². The summed E-state index contributed by atoms with van der Waals surface area (Å²) in [4.78, 5) is 27.8. The van der Waals surface area contributed by atoms with Crippen molar-refractivity contribution in [3.63, 3.8) is 0 Å². The first kappa shape index (κ1) is 18.3. The van der Waals surface area contributed by atoms with Gasteiger partial charge in [-0.3, -0.25) is 9.78 Å². The van der Waals surface area contributed by atoms with E-state index in [4.69, 9.17) is 4.74 Å². The average Bonchev–Trinajstić information content (AvgIpc) is 3.27. The van der Waals surface area contributed by atoms with Gasteiger partial charge < -0.3 is 25.3 Å². The number of fused-ring (bicyclic) bond motifs is 1. The molecule has 2 aromatic heterocycles. The molecule has 28 heavy (non-hydrogen) atoms. The Morgan fingerprint density at radius 3 is 2.75 bits per heavy atom. The molecule has 4 rings (SSSR count). The van der Waals surface area contributed by atoms with Gasteiger partial charge in [0, 0.05) is 24.4 Å². The number of rotatable bonds is 6. The first-order valence-electron chi connectivity index (χ1n) is 9.03. The van der Waals surface area contributed by atoms with Crippen LogP contribution >= 0.6 is 0 Å². The van der Waals surface area contributed by atoms with Crippen molar-refractivity contribution >= 4 is 16.9 Å². The number of aliphatic hydroxyl groups is 2. The molecule has 2 heterocycles. The number of carbonyl (C=O) groups excluding carboxylic acids is 1. The minimum Gasteiger partial charge on any atom is -0.476 e. The van der Waals surface area contributed by atoms with E-state index >= 15 is 0 Å². The number of H-pyrrole nitrogens is 1. The van der Waals surface area contributed by atoms with Crippen LogP contribution in [0.2, 0.25) is 0 Å². The standard InChI is InChI=1S/C19H21N5O4/c25-14-7-19(8-15(14)26,11-28-16-9-20-5-6-21-16)10-22-18(27)17-23-12-3-1-2-4-13(12)24-17/h1-6,9,14-15,25-26H,7-8,10-11H2,(H,22,27)(H,23,24)/t14-,15+,19?. The van der Waals surface area contributed by atoms with Crippen LogP contribution in [0.5, 0.6) is 5.88 Å². The number of ether oxygens (including phenoxy) is 1. The average molecular weight is 383 g/mol. The van der Waals surface area contributed by atoms with Crippen LogP contribution in [0.4, 0.5) is 0 Å². The van der Waals surface area contributed by atoms with Gasteiger partial charge in [-0.2, -0.15) is 0 Å². The monoisotopic (exact) mass is 383 g/mol. The number of benzene rings is 1. The number of nitrogens with zero attached hydrogens (tertiary/aromatic N) is 3. The molecule has 1 amide bonds. The first-order valence-corrected chi connectivity index (χ1v) is 9.03. The second kappa shape index (κ2) is 7.53. The molecular formula is C19H21N5O4. The summed E-state index contributed by atoms with van der Waals surface area (Å²) in [5.41, 5.74) is 0.859. The van der Waals surface area contributed by atoms with Gasteiger partial charge in [0.1, 0.15) is 0 Å². The number of aliphatic hydroxyl groups excluding tert-OH is 2. The molecule has 1 fully saturated rings. The lowest BCUT2D eigenvalue weighted by Gasteiger charge is -2.28. The number of aromatic nitrogens is 4. The molecule has 3 atom stereocenters. The largest absolute Gasteiger partial charge is 0.476 e. The Balaban J connectivity index is 1.45. The van der Waals surface area contributed by atoms with Crippen molar-refractivity contribution in [3.8, 4) is 5.88 Å². The minimum absolute atomic E-state index is 0.181. The van der Waals surface area contributed by atoms with E-state index in [0.717, 1.165) is 5.52 Å². The van der Waals surface area contributed by atoms with E-state index in [1.165, 1.54) is 12.4 Å². The third kappa shape index (κ3) is 3.80. The van der Waals surface area contributed by atoms with Crippen LogP contribution in [-0.2, 0) is 0 Å². The molecule has 0 aliphatic heterocycles. The Bertz CT molecular complexity index is 918. The Kier molecular flexibility index (Phi) is 4.93. The maximum absolute atomic E-state index is 12.6. The lowest BCUT2D eigenvalue weighted by atomic mass is 9.86. The summed E-state index contributed by atoms with van der Waals surface area (Å²) < 4.78 is 5.71. The predicted molar refractivity (Wildman–Crippen MR) is 99.6 cm³/mol. The van der Waals surface area contributed by atoms with Crippen molar-refractivity contribution in [1.82, 2.24) is 25.3 Å². The van der Waals surface area contributed by atoms with E-state index in [1.54, 1.807) is 6.20 Å². The molecule has 1 unspecified atom stereocenters. The fourth-order valence-electron chi connectivity index (χ4n) is 3.55. The maximum Gasteiger partial charge on any atom is 0.287 e. The number of amides is 1. The van der Waals surface area contributed by atoms with Gasteiger partial charge in [0.2, 0.25) is 5.88 Å². The molecular weight excluding hydrogens is 362 g/mol. The van der Waals surface area contributed by atoms with Gasteiger partial charge >= 0.3 is 0 Å². The van der Waals surface area contributed by atoms with Gasteiger partial charge in [-0.15, -0.1) is 0 Å². The summed E-state index contributed by atoms with van der Waals surface area (Å²) in [5, 5.41) is 22.9. The highest BCUT2D eigenvalue weighted by molar-refractivity contribution is 5.94. The fraction of sp³-hybridized carbons (Fsp3) is 0.368. The summed E-state index contributed by atoms with van der Waals surface area (Å²) in [7, 11) is 0. The van der Waals surface area contributed by atoms with Crippen LogP contribution in [0.15, 0.2) is 42.9 Å². The molecule has 1 aliphatic rings. The zero-order chi connectivity index (χ0) is 19.6. The van der Waals surface area contributed by atoms with E-state index < -0.39 is 17.6 Å². The number of nitrogens with one attached hydrogen (secondary N) is 2. The van der Waals surface area contributed by atoms with Crippen LogP contribution in [0, 0.1) is 5.41 Å². The van der Waals surface area contributed by atoms with Crippen molar-refractivity contribution in [2.24, 2.45) is 5.41 Å². The van der Waals surface area contributed by atoms with Crippen molar-refractivity contribution in [2.75, 3.05) is 13.2 Å². The van der Waals surface area contributed by atoms with E-state index in [1.807, 2.05) is 24.3 Å². The smallest absolute Gasteiger partial charge is 0.287 e. The maximum atomic E-state index is 12.6. The second-order valence-corrected chi connectivity index (χ2v) is 7.16. The molecule has 0 spiro atoms. The van der Waals surface area contributed by atoms with E-state index in [0.29, 0.717) is 24.2 Å². The Labute approximate surface area is 160 Å². The predicted octanol–water partition coefficient (Wildman–Crippen LogP) is 0.664. The van der Waals surface area contributed by atoms with Crippen LogP contribution in [-0.4, -0.2) is 61.4 Å². The summed E-state index contributed by atoms with van der Waals surface area (Å²) in [6, 6.07) is 7.38. The molecule has 4 N–H and O–H groups in total. The van der Waals surface area contributed by atoms with E-state index in [2.05, 4.69) is 25.3 Å². The summed E-state index contributed by atoms with van der Waals surface area (Å²) in [5.74, 6) is 0.206. The van der Waals surface area contributed by atoms with Crippen molar-refractivity contribution in [3.05, 3.63) is 48.7 Å². The third-order valence-electron chi connectivity index (χ3n) is 5.02. The number of para-hydroxylation sites is 2. The zero-order valence-corrected chi connectivity index (χ0v) is 15.1. The second-order valence-electron chi connectivity index (χ2n) is 7.16. The molecule has 146 valence electrons. The first-order chi connectivity index (χ1) is 13.5. The van der Waals surface area contributed by atoms with Gasteiger partial charge in [0.25, 0.3) is 5.91 Å². The molecule has 0 bridgehead atoms. The number of imidazole rings is 1. The van der Waals surface area contributed by atoms with Crippen molar-refractivity contribution in [2.45, 2.75) is 25.0 Å². The zero-order valence-electron chi connectivity index (χ0n) is 15.1. The van der Waals surface area contributed by atoms with Gasteiger partial charge in [0.05, 0.1) is 36.0 Å². The molecule has 9 nitrogen and oxygen atoms in total.